The molecule has 0 saturated carbocycles. The van der Waals surface area contributed by atoms with E-state index in [-0.39, 0.29) is 12.4 Å². The van der Waals surface area contributed by atoms with Gasteiger partial charge in [0, 0.05) is 6.42 Å². The molecule has 0 aliphatic carbocycles. The van der Waals surface area contributed by atoms with Crippen molar-refractivity contribution in [3.63, 3.8) is 0 Å². The Kier molecular flexibility index (Phi) is 3.19. The first-order valence-corrected chi connectivity index (χ1v) is 5.31. The Balaban J connectivity index is 2.08. The molecule has 0 amide bonds. The molecule has 2 atom stereocenters. The van der Waals surface area contributed by atoms with E-state index in [1.165, 1.54) is 0 Å². The molecular formula is C11H16O4. The summed E-state index contributed by atoms with van der Waals surface area (Å²) in [5, 5.41) is 0. The maximum atomic E-state index is 10.4. The summed E-state index contributed by atoms with van der Waals surface area (Å²) in [6.45, 7) is 3.16. The molecule has 2 unspecified atom stereocenters. The Hall–Kier alpha value is -0.710. The third kappa shape index (κ3) is 2.12. The van der Waals surface area contributed by atoms with Crippen LogP contribution in [0.25, 0.3) is 0 Å². The summed E-state index contributed by atoms with van der Waals surface area (Å²) in [5.41, 5.74) is -0.559. The highest BCUT2D eigenvalue weighted by atomic mass is 16.7. The van der Waals surface area contributed by atoms with Gasteiger partial charge in [0.2, 0.25) is 0 Å². The van der Waals surface area contributed by atoms with Crippen LogP contribution in [0.1, 0.15) is 19.8 Å². The van der Waals surface area contributed by atoms with Crippen LogP contribution in [-0.2, 0) is 19.0 Å². The van der Waals surface area contributed by atoms with Crippen molar-refractivity contribution in [2.45, 2.75) is 37.8 Å². The van der Waals surface area contributed by atoms with E-state index in [0.29, 0.717) is 26.1 Å². The van der Waals surface area contributed by atoms with E-state index in [4.69, 9.17) is 14.2 Å². The van der Waals surface area contributed by atoms with E-state index >= 15 is 0 Å². The summed E-state index contributed by atoms with van der Waals surface area (Å²) < 4.78 is 16.8. The molecule has 4 heteroatoms. The zero-order valence-corrected chi connectivity index (χ0v) is 8.85. The van der Waals surface area contributed by atoms with Gasteiger partial charge >= 0.3 is 0 Å². The predicted molar refractivity (Wildman–Crippen MR) is 53.4 cm³/mol. The quantitative estimate of drug-likeness (QED) is 0.516. The highest BCUT2D eigenvalue weighted by Crippen LogP contribution is 2.35. The first kappa shape index (κ1) is 10.8. The summed E-state index contributed by atoms with van der Waals surface area (Å²) >= 11 is 0. The van der Waals surface area contributed by atoms with Crippen LogP contribution in [-0.4, -0.2) is 37.5 Å². The van der Waals surface area contributed by atoms with Crippen molar-refractivity contribution in [1.82, 2.24) is 0 Å². The molecule has 2 rings (SSSR count). The summed E-state index contributed by atoms with van der Waals surface area (Å²) in [6.07, 6.45) is 5.62. The Bertz CT molecular complexity index is 257. The predicted octanol–water partition coefficient (Wildman–Crippen LogP) is 1.05. The second-order valence-corrected chi connectivity index (χ2v) is 3.92. The van der Waals surface area contributed by atoms with Crippen molar-refractivity contribution in [3.05, 3.63) is 12.2 Å². The van der Waals surface area contributed by atoms with Crippen LogP contribution in [0.4, 0.5) is 0 Å². The van der Waals surface area contributed by atoms with Crippen LogP contribution in [0, 0.1) is 0 Å². The summed E-state index contributed by atoms with van der Waals surface area (Å²) in [6, 6.07) is 0. The van der Waals surface area contributed by atoms with Gasteiger partial charge < -0.3 is 19.0 Å². The van der Waals surface area contributed by atoms with Crippen LogP contribution in [0.15, 0.2) is 12.2 Å². The van der Waals surface area contributed by atoms with Gasteiger partial charge in [0.1, 0.15) is 11.9 Å². The molecule has 2 heterocycles. The first-order valence-electron chi connectivity index (χ1n) is 5.31. The molecule has 0 aromatic rings. The van der Waals surface area contributed by atoms with E-state index in [0.717, 1.165) is 6.29 Å². The van der Waals surface area contributed by atoms with Crippen molar-refractivity contribution < 1.29 is 19.0 Å². The van der Waals surface area contributed by atoms with Crippen molar-refractivity contribution in [2.24, 2.45) is 0 Å². The SMILES string of the molecule is CC1C=CC(CCC=O)(C2OCCO2)O1. The molecule has 2 aliphatic heterocycles. The minimum absolute atomic E-state index is 0.0597. The molecule has 0 spiro atoms. The number of ether oxygens (including phenoxy) is 3. The van der Waals surface area contributed by atoms with Gasteiger partial charge in [0.05, 0.1) is 19.3 Å². The minimum atomic E-state index is -0.559. The molecule has 0 aromatic heterocycles. The van der Waals surface area contributed by atoms with Crippen LogP contribution >= 0.6 is 0 Å². The largest absolute Gasteiger partial charge is 0.359 e. The molecule has 1 saturated heterocycles. The van der Waals surface area contributed by atoms with Crippen LogP contribution in [0.5, 0.6) is 0 Å². The zero-order chi connectivity index (χ0) is 10.7. The fourth-order valence-electron chi connectivity index (χ4n) is 2.04. The average Bonchev–Trinajstić information content (AvgIpc) is 2.84. The maximum absolute atomic E-state index is 10.4. The van der Waals surface area contributed by atoms with Crippen LogP contribution < -0.4 is 0 Å². The van der Waals surface area contributed by atoms with Gasteiger partial charge in [0.25, 0.3) is 0 Å². The van der Waals surface area contributed by atoms with Crippen LogP contribution in [0.3, 0.4) is 0 Å². The van der Waals surface area contributed by atoms with Crippen molar-refractivity contribution >= 4 is 6.29 Å². The molecule has 84 valence electrons. The first-order chi connectivity index (χ1) is 7.27. The topological polar surface area (TPSA) is 44.8 Å². The summed E-state index contributed by atoms with van der Waals surface area (Å²) in [5.74, 6) is 0. The van der Waals surface area contributed by atoms with Gasteiger partial charge in [-0.2, -0.15) is 0 Å². The highest BCUT2D eigenvalue weighted by molar-refractivity contribution is 5.49. The van der Waals surface area contributed by atoms with Gasteiger partial charge in [-0.15, -0.1) is 0 Å². The molecule has 0 aromatic carbocycles. The van der Waals surface area contributed by atoms with Gasteiger partial charge in [-0.3, -0.25) is 0 Å². The Morgan fingerprint density at radius 1 is 1.47 bits per heavy atom. The third-order valence-corrected chi connectivity index (χ3v) is 2.73. The molecule has 0 radical (unpaired) electrons. The maximum Gasteiger partial charge on any atom is 0.190 e. The molecule has 0 bridgehead atoms. The number of rotatable bonds is 4. The number of hydrogen-bond donors (Lipinski definition) is 0. The Labute approximate surface area is 89.2 Å². The van der Waals surface area contributed by atoms with Crippen molar-refractivity contribution in [2.75, 3.05) is 13.2 Å². The molecule has 2 aliphatic rings. The lowest BCUT2D eigenvalue weighted by atomic mass is 9.97. The second-order valence-electron chi connectivity index (χ2n) is 3.92. The van der Waals surface area contributed by atoms with E-state index < -0.39 is 5.60 Å². The van der Waals surface area contributed by atoms with Gasteiger partial charge in [-0.25, -0.2) is 0 Å². The van der Waals surface area contributed by atoms with Crippen LogP contribution in [0.2, 0.25) is 0 Å². The molecule has 15 heavy (non-hydrogen) atoms. The normalized spacial score (nSPS) is 36.2. The smallest absolute Gasteiger partial charge is 0.190 e. The van der Waals surface area contributed by atoms with E-state index in [9.17, 15) is 4.79 Å². The lowest BCUT2D eigenvalue weighted by Gasteiger charge is -2.32. The average molecular weight is 212 g/mol. The Morgan fingerprint density at radius 2 is 2.20 bits per heavy atom. The number of carbonyl (C=O) groups excluding carboxylic acids is 1. The lowest BCUT2D eigenvalue weighted by Crippen LogP contribution is -2.43. The number of carbonyl (C=O) groups is 1. The van der Waals surface area contributed by atoms with E-state index in [1.807, 2.05) is 19.1 Å². The zero-order valence-electron chi connectivity index (χ0n) is 8.85. The molecule has 1 fully saturated rings. The van der Waals surface area contributed by atoms with Gasteiger partial charge in [-0.05, 0) is 19.4 Å². The second kappa shape index (κ2) is 4.43. The number of aldehydes is 1. The van der Waals surface area contributed by atoms with Gasteiger partial charge in [-0.1, -0.05) is 6.08 Å². The van der Waals surface area contributed by atoms with E-state index in [2.05, 4.69) is 0 Å². The minimum Gasteiger partial charge on any atom is -0.359 e. The fourth-order valence-corrected chi connectivity index (χ4v) is 2.04. The third-order valence-electron chi connectivity index (χ3n) is 2.73. The molecular weight excluding hydrogens is 196 g/mol. The van der Waals surface area contributed by atoms with E-state index in [1.54, 1.807) is 0 Å². The molecule has 4 nitrogen and oxygen atoms in total. The summed E-state index contributed by atoms with van der Waals surface area (Å²) in [7, 11) is 0. The monoisotopic (exact) mass is 212 g/mol. The summed E-state index contributed by atoms with van der Waals surface area (Å²) in [4.78, 5) is 10.4. The standard InChI is InChI=1S/C11H16O4/c1-9-3-5-11(15-9,4-2-6-12)10-13-7-8-14-10/h3,5-6,9-10H,2,4,7-8H2,1H3. The highest BCUT2D eigenvalue weighted by Gasteiger charge is 2.44. The lowest BCUT2D eigenvalue weighted by molar-refractivity contribution is -0.187. The Morgan fingerprint density at radius 3 is 2.73 bits per heavy atom. The van der Waals surface area contributed by atoms with Crippen molar-refractivity contribution in [3.8, 4) is 0 Å². The van der Waals surface area contributed by atoms with Crippen molar-refractivity contribution in [1.29, 1.82) is 0 Å². The fraction of sp³-hybridized carbons (Fsp3) is 0.727. The number of hydrogen-bond acceptors (Lipinski definition) is 4. The van der Waals surface area contributed by atoms with Gasteiger partial charge in [0.15, 0.2) is 6.29 Å². The molecule has 0 N–H and O–H groups in total.